The molecular formula is C51H51F24N5O3P4S5. The molecular weight excluding hydrogens is 1470 g/mol. The standard InChI is InChI=1S/C36H32N4.C15H19NO3S5.4F6P/c1-2-30-4-3-29(1)25-37-17-9-33(10-18-37)35-13-21-39(22-14-35)27-31-5-7-32(8-6-31)28-40-23-15-36(16-24-40)34-11-19-38(26-30)20-12-34;1-20-13-10-21-14(24-13)15-22-11-8-16(9-12(11)23-15)2-4-18-6-7-19-5-3-17;4*1-7(2,3,4,5)6/h1-24H,25-28H2;8-10,17H,2-7H2,1H3;;;;/q+4;;4*-1. The van der Waals surface area contributed by atoms with Gasteiger partial charge in [-0.3, -0.25) is 0 Å². The summed E-state index contributed by atoms with van der Waals surface area (Å²) < 4.78 is 263. The monoisotopic (exact) mass is 1520 g/mol. The van der Waals surface area contributed by atoms with E-state index in [4.69, 9.17) is 14.6 Å². The second-order valence-corrected chi connectivity index (χ2v) is 32.6. The number of ether oxygens (including phenoxy) is 2. The fourth-order valence-corrected chi connectivity index (χ4v) is 13.4. The van der Waals surface area contributed by atoms with E-state index in [2.05, 4.69) is 194 Å². The zero-order valence-corrected chi connectivity index (χ0v) is 54.2. The fourth-order valence-electron chi connectivity index (χ4n) is 7.39. The molecule has 12 bridgehead atoms. The number of hydrogen-bond acceptors (Lipinski definition) is 8. The quantitative estimate of drug-likeness (QED) is 0.0664. The number of halogens is 24. The average molecular weight is 1520 g/mol. The van der Waals surface area contributed by atoms with Crippen molar-refractivity contribution < 1.29 is 134 Å². The number of benzene rings is 2. The minimum atomic E-state index is -10.7. The van der Waals surface area contributed by atoms with Gasteiger partial charge in [0.15, 0.2) is 75.8 Å². The molecule has 18 aliphatic heterocycles. The smallest absolute Gasteiger partial charge is 0.173 e. The maximum atomic E-state index is 9.87. The minimum absolute atomic E-state index is 0.0636. The molecule has 0 saturated carbocycles. The van der Waals surface area contributed by atoms with Crippen LogP contribution in [0.4, 0.5) is 101 Å². The van der Waals surface area contributed by atoms with Gasteiger partial charge in [-0.2, -0.15) is 0 Å². The van der Waals surface area contributed by atoms with Gasteiger partial charge in [0.05, 0.1) is 45.7 Å². The van der Waals surface area contributed by atoms with Crippen molar-refractivity contribution in [3.8, 4) is 22.3 Å². The average Bonchev–Trinajstić information content (AvgIpc) is 1.41. The molecule has 7 aromatic rings. The molecule has 92 heavy (non-hydrogen) atoms. The second kappa shape index (κ2) is 26.8. The Bertz CT molecular complexity index is 3240. The molecule has 5 aromatic heterocycles. The van der Waals surface area contributed by atoms with Gasteiger partial charge < -0.3 is 19.1 Å². The maximum absolute atomic E-state index is 10.7. The summed E-state index contributed by atoms with van der Waals surface area (Å²) in [4.78, 5) is 2.68. The van der Waals surface area contributed by atoms with Crippen molar-refractivity contribution in [1.82, 2.24) is 4.57 Å². The van der Waals surface area contributed by atoms with E-state index in [0.717, 1.165) is 32.7 Å². The summed E-state index contributed by atoms with van der Waals surface area (Å²) in [7, 11) is -42.6. The van der Waals surface area contributed by atoms with Crippen LogP contribution in [0.5, 0.6) is 0 Å². The minimum Gasteiger partial charge on any atom is -0.201 e. The van der Waals surface area contributed by atoms with E-state index in [1.807, 2.05) is 58.8 Å². The van der Waals surface area contributed by atoms with Gasteiger partial charge in [0.1, 0.15) is 0 Å². The summed E-state index contributed by atoms with van der Waals surface area (Å²) in [5.74, 6) is 0. The van der Waals surface area contributed by atoms with Crippen LogP contribution in [-0.4, -0.2) is 49.0 Å². The first-order valence-electron chi connectivity index (χ1n) is 25.4. The molecule has 0 fully saturated rings. The third kappa shape index (κ3) is 40.0. The topological polar surface area (TPSA) is 59.1 Å². The molecule has 25 rings (SSSR count). The Labute approximate surface area is 529 Å². The zero-order chi connectivity index (χ0) is 69.1. The van der Waals surface area contributed by atoms with Crippen molar-refractivity contribution >= 4 is 90.0 Å². The first-order valence-corrected chi connectivity index (χ1v) is 38.0. The summed E-state index contributed by atoms with van der Waals surface area (Å²) >= 11 is 9.28. The van der Waals surface area contributed by atoms with E-state index < -0.39 is 31.2 Å². The van der Waals surface area contributed by atoms with Gasteiger partial charge in [-0.15, -0.1) is 11.8 Å². The van der Waals surface area contributed by atoms with E-state index in [1.54, 1.807) is 0 Å². The summed E-state index contributed by atoms with van der Waals surface area (Å²) in [6.45, 7) is 6.49. The molecule has 1 N–H and O–H groups in total. The normalized spacial score (nSPS) is 16.9. The largest absolute Gasteiger partial charge is 0.201 e. The summed E-state index contributed by atoms with van der Waals surface area (Å²) in [6.07, 6.45) is 23.9. The molecule has 0 unspecified atom stereocenters. The first kappa shape index (κ1) is 78.2. The van der Waals surface area contributed by atoms with Crippen LogP contribution in [0, 0.1) is 0 Å². The van der Waals surface area contributed by atoms with Crippen LogP contribution < -0.4 is 18.3 Å². The predicted octanol–water partition coefficient (Wildman–Crippen LogP) is 22.7. The molecule has 41 heteroatoms. The third-order valence-electron chi connectivity index (χ3n) is 10.9. The number of aliphatic hydroxyl groups is 1. The fraction of sp³-hybridized carbons (Fsp3) is 0.216. The Kier molecular flexibility index (Phi) is 22.8. The van der Waals surface area contributed by atoms with Crippen LogP contribution in [0.3, 0.4) is 0 Å². The molecule has 18 aliphatic rings. The number of hydrogen-bond donors (Lipinski definition) is 1. The summed E-state index contributed by atoms with van der Waals surface area (Å²) in [5, 5.41) is 10.8. The van der Waals surface area contributed by atoms with Gasteiger partial charge in [0.2, 0.25) is 0 Å². The molecule has 0 saturated heterocycles. The van der Waals surface area contributed by atoms with Crippen molar-refractivity contribution in [2.24, 2.45) is 0 Å². The van der Waals surface area contributed by atoms with Gasteiger partial charge in [0.25, 0.3) is 0 Å². The molecule has 516 valence electrons. The SMILES string of the molecule is CSC1=CSC(=C2Sc3cn(CCOCCOCCO)cc3S2)S1.F[P-](F)(F)(F)(F)F.F[P-](F)(F)(F)(F)F.F[P-](F)(F)(F)(F)F.F[P-](F)(F)(F)(F)F.c1cc2ccc1C[n+]1ccc(cc1)-c1cc[n+](cc1)Cc1ccc(cc1)C[n+]1ccc(cc1)-c1cc[n+](cc1)C2. The second-order valence-electron chi connectivity index (χ2n) is 19.3. The molecule has 23 heterocycles. The molecule has 8 nitrogen and oxygen atoms in total. The van der Waals surface area contributed by atoms with Crippen molar-refractivity contribution in [3.05, 3.63) is 199 Å². The summed E-state index contributed by atoms with van der Waals surface area (Å²) in [5.41, 5.74) is 10.1. The molecule has 0 spiro atoms. The van der Waals surface area contributed by atoms with Crippen LogP contribution in [0.1, 0.15) is 22.3 Å². The number of fused-ring (bicyclic) bond motifs is 1. The van der Waals surface area contributed by atoms with Crippen molar-refractivity contribution in [2.75, 3.05) is 39.3 Å². The van der Waals surface area contributed by atoms with Gasteiger partial charge in [-0.05, 0) is 33.9 Å². The van der Waals surface area contributed by atoms with Crippen LogP contribution in [0.2, 0.25) is 0 Å². The molecule has 0 aliphatic carbocycles. The van der Waals surface area contributed by atoms with Gasteiger partial charge in [-0.1, -0.05) is 95.6 Å². The molecule has 0 atom stereocenters. The zero-order valence-electron chi connectivity index (χ0n) is 46.6. The van der Waals surface area contributed by atoms with Crippen molar-refractivity contribution in [2.45, 2.75) is 42.5 Å². The molecule has 2 aromatic carbocycles. The number of aliphatic hydroxyl groups excluding tert-OH is 1. The van der Waals surface area contributed by atoms with Crippen molar-refractivity contribution in [3.63, 3.8) is 0 Å². The van der Waals surface area contributed by atoms with Crippen LogP contribution in [0.25, 0.3) is 22.3 Å². The van der Waals surface area contributed by atoms with Crippen LogP contribution in [0.15, 0.2) is 187 Å². The molecule has 0 amide bonds. The van der Waals surface area contributed by atoms with E-state index in [1.165, 1.54) is 67.0 Å². The Morgan fingerprint density at radius 1 is 0.391 bits per heavy atom. The number of rotatable bonds is 9. The Balaban J connectivity index is 0.000000248. The van der Waals surface area contributed by atoms with Crippen LogP contribution >= 0.6 is 90.0 Å². The van der Waals surface area contributed by atoms with E-state index in [9.17, 15) is 101 Å². The number of nitrogens with zero attached hydrogens (tertiary/aromatic N) is 5. The van der Waals surface area contributed by atoms with Gasteiger partial charge >= 0.3 is 132 Å². The van der Waals surface area contributed by atoms with E-state index >= 15 is 0 Å². The predicted molar refractivity (Wildman–Crippen MR) is 317 cm³/mol. The Morgan fingerprint density at radius 2 is 0.652 bits per heavy atom. The number of pyridine rings is 4. The Hall–Kier alpha value is -4.53. The third-order valence-corrected chi connectivity index (χ3v) is 17.5. The number of aromatic nitrogens is 5. The van der Waals surface area contributed by atoms with Crippen molar-refractivity contribution in [1.29, 1.82) is 0 Å². The van der Waals surface area contributed by atoms with Crippen LogP contribution in [-0.2, 0) is 42.2 Å². The molecule has 0 radical (unpaired) electrons. The first-order chi connectivity index (χ1) is 41.3. The van der Waals surface area contributed by atoms with E-state index in [0.29, 0.717) is 26.4 Å². The van der Waals surface area contributed by atoms with Gasteiger partial charge in [-0.25, -0.2) is 18.3 Å². The summed E-state index contributed by atoms with van der Waals surface area (Å²) in [6, 6.07) is 35.5. The Morgan fingerprint density at radius 3 is 0.891 bits per heavy atom. The maximum Gasteiger partial charge on any atom is 0.173 e. The van der Waals surface area contributed by atoms with Gasteiger partial charge in [0, 0.05) is 99.5 Å². The van der Waals surface area contributed by atoms with E-state index in [-0.39, 0.29) is 6.61 Å². The number of thioether (sulfide) groups is 5.